The Morgan fingerprint density at radius 1 is 1.23 bits per heavy atom. The summed E-state index contributed by atoms with van der Waals surface area (Å²) in [5, 5.41) is 4.64. The molecular weight excluding hydrogens is 176 g/mol. The predicted octanol–water partition coefficient (Wildman–Crippen LogP) is 4.60. The summed E-state index contributed by atoms with van der Waals surface area (Å²) in [6.45, 7) is 6.83. The van der Waals surface area contributed by atoms with Crippen molar-refractivity contribution in [3.8, 4) is 0 Å². The molecule has 0 bridgehead atoms. The van der Waals surface area contributed by atoms with Crippen molar-refractivity contribution in [3.63, 3.8) is 0 Å². The standard InChI is InChI=1S/C12H20S/c1-4-5-6-7-11-8-13-9-12(11)10(2)3/h8-10H,4-7H2,1-3H3. The average molecular weight is 196 g/mol. The number of hydrogen-bond acceptors (Lipinski definition) is 1. The Morgan fingerprint density at radius 2 is 2.00 bits per heavy atom. The molecule has 1 aromatic heterocycles. The van der Waals surface area contributed by atoms with Crippen LogP contribution in [0.15, 0.2) is 10.8 Å². The summed E-state index contributed by atoms with van der Waals surface area (Å²) in [6.07, 6.45) is 5.33. The maximum atomic E-state index is 2.32. The average Bonchev–Trinajstić information content (AvgIpc) is 2.53. The van der Waals surface area contributed by atoms with E-state index >= 15 is 0 Å². The third kappa shape index (κ3) is 3.15. The summed E-state index contributed by atoms with van der Waals surface area (Å²) in [4.78, 5) is 0. The molecule has 0 amide bonds. The van der Waals surface area contributed by atoms with Crippen molar-refractivity contribution >= 4 is 11.3 Å². The Balaban J connectivity index is 2.50. The molecule has 13 heavy (non-hydrogen) atoms. The Hall–Kier alpha value is -0.300. The molecule has 0 nitrogen and oxygen atoms in total. The van der Waals surface area contributed by atoms with E-state index in [1.54, 1.807) is 11.1 Å². The summed E-state index contributed by atoms with van der Waals surface area (Å²) in [6, 6.07) is 0. The highest BCUT2D eigenvalue weighted by Crippen LogP contribution is 2.24. The molecule has 0 aromatic carbocycles. The lowest BCUT2D eigenvalue weighted by atomic mass is 9.98. The highest BCUT2D eigenvalue weighted by Gasteiger charge is 2.06. The topological polar surface area (TPSA) is 0 Å². The fourth-order valence-corrected chi connectivity index (χ4v) is 2.67. The van der Waals surface area contributed by atoms with Crippen molar-refractivity contribution in [1.29, 1.82) is 0 Å². The molecule has 1 rings (SSSR count). The molecule has 0 N–H and O–H groups in total. The number of rotatable bonds is 5. The van der Waals surface area contributed by atoms with Gasteiger partial charge in [-0.25, -0.2) is 0 Å². The molecule has 0 aliphatic rings. The van der Waals surface area contributed by atoms with E-state index in [9.17, 15) is 0 Å². The minimum Gasteiger partial charge on any atom is -0.152 e. The second kappa shape index (κ2) is 5.43. The van der Waals surface area contributed by atoms with Gasteiger partial charge in [-0.15, -0.1) is 0 Å². The molecule has 0 aliphatic heterocycles. The quantitative estimate of drug-likeness (QED) is 0.604. The molecule has 0 unspecified atom stereocenters. The van der Waals surface area contributed by atoms with Crippen LogP contribution in [0.1, 0.15) is 57.1 Å². The zero-order valence-electron chi connectivity index (χ0n) is 8.97. The Bertz CT molecular complexity index is 235. The maximum Gasteiger partial charge on any atom is -0.00558 e. The number of thiophene rings is 1. The minimum atomic E-state index is 0.697. The summed E-state index contributed by atoms with van der Waals surface area (Å²) < 4.78 is 0. The van der Waals surface area contributed by atoms with E-state index in [1.807, 2.05) is 11.3 Å². The second-order valence-electron chi connectivity index (χ2n) is 3.96. The number of hydrogen-bond donors (Lipinski definition) is 0. The SMILES string of the molecule is CCCCCc1cscc1C(C)C. The lowest BCUT2D eigenvalue weighted by Gasteiger charge is -2.06. The summed E-state index contributed by atoms with van der Waals surface area (Å²) >= 11 is 1.85. The highest BCUT2D eigenvalue weighted by atomic mass is 32.1. The largest absolute Gasteiger partial charge is 0.152 e. The van der Waals surface area contributed by atoms with Gasteiger partial charge < -0.3 is 0 Å². The normalized spacial score (nSPS) is 11.1. The third-order valence-corrected chi connectivity index (χ3v) is 3.26. The molecule has 1 heterocycles. The van der Waals surface area contributed by atoms with Gasteiger partial charge in [-0.2, -0.15) is 11.3 Å². The number of aryl methyl sites for hydroxylation is 1. The van der Waals surface area contributed by atoms with E-state index in [0.29, 0.717) is 5.92 Å². The molecule has 0 saturated heterocycles. The zero-order chi connectivity index (χ0) is 9.68. The fraction of sp³-hybridized carbons (Fsp3) is 0.667. The first-order valence-electron chi connectivity index (χ1n) is 5.30. The van der Waals surface area contributed by atoms with Gasteiger partial charge in [-0.05, 0) is 40.6 Å². The third-order valence-electron chi connectivity index (χ3n) is 2.45. The molecule has 0 atom stereocenters. The Labute approximate surface area is 86.0 Å². The first-order chi connectivity index (χ1) is 6.25. The molecule has 0 aliphatic carbocycles. The van der Waals surface area contributed by atoms with Crippen molar-refractivity contribution in [3.05, 3.63) is 21.9 Å². The molecule has 0 saturated carbocycles. The smallest absolute Gasteiger partial charge is 0.00558 e. The van der Waals surface area contributed by atoms with Gasteiger partial charge in [-0.3, -0.25) is 0 Å². The van der Waals surface area contributed by atoms with Gasteiger partial charge in [0.15, 0.2) is 0 Å². The van der Waals surface area contributed by atoms with E-state index < -0.39 is 0 Å². The fourth-order valence-electron chi connectivity index (χ4n) is 1.61. The first kappa shape index (κ1) is 10.8. The first-order valence-corrected chi connectivity index (χ1v) is 6.25. The molecule has 0 radical (unpaired) electrons. The lowest BCUT2D eigenvalue weighted by Crippen LogP contribution is -1.91. The van der Waals surface area contributed by atoms with Crippen LogP contribution >= 0.6 is 11.3 Å². The second-order valence-corrected chi connectivity index (χ2v) is 4.71. The number of unbranched alkanes of at least 4 members (excludes halogenated alkanes) is 2. The lowest BCUT2D eigenvalue weighted by molar-refractivity contribution is 0.709. The van der Waals surface area contributed by atoms with E-state index in [4.69, 9.17) is 0 Å². The van der Waals surface area contributed by atoms with Crippen LogP contribution in [0, 0.1) is 0 Å². The van der Waals surface area contributed by atoms with E-state index in [1.165, 1.54) is 25.7 Å². The van der Waals surface area contributed by atoms with Crippen LogP contribution in [-0.2, 0) is 6.42 Å². The van der Waals surface area contributed by atoms with Crippen LogP contribution in [-0.4, -0.2) is 0 Å². The van der Waals surface area contributed by atoms with Gasteiger partial charge in [0, 0.05) is 0 Å². The predicted molar refractivity (Wildman–Crippen MR) is 61.6 cm³/mol. The Kier molecular flexibility index (Phi) is 4.51. The Morgan fingerprint density at radius 3 is 2.62 bits per heavy atom. The molecule has 74 valence electrons. The summed E-state index contributed by atoms with van der Waals surface area (Å²) in [5.41, 5.74) is 3.16. The van der Waals surface area contributed by atoms with Crippen LogP contribution in [0.2, 0.25) is 0 Å². The van der Waals surface area contributed by atoms with E-state index in [-0.39, 0.29) is 0 Å². The molecule has 1 heteroatoms. The van der Waals surface area contributed by atoms with Gasteiger partial charge in [0.05, 0.1) is 0 Å². The highest BCUT2D eigenvalue weighted by molar-refractivity contribution is 7.08. The van der Waals surface area contributed by atoms with E-state index in [0.717, 1.165) is 0 Å². The van der Waals surface area contributed by atoms with Gasteiger partial charge in [0.1, 0.15) is 0 Å². The molecule has 0 spiro atoms. The summed E-state index contributed by atoms with van der Waals surface area (Å²) in [7, 11) is 0. The molecular formula is C12H20S. The van der Waals surface area contributed by atoms with Crippen molar-refractivity contribution in [2.75, 3.05) is 0 Å². The molecule has 0 fully saturated rings. The minimum absolute atomic E-state index is 0.697. The van der Waals surface area contributed by atoms with Crippen LogP contribution in [0.25, 0.3) is 0 Å². The van der Waals surface area contributed by atoms with Gasteiger partial charge in [0.25, 0.3) is 0 Å². The van der Waals surface area contributed by atoms with E-state index in [2.05, 4.69) is 31.5 Å². The van der Waals surface area contributed by atoms with Crippen molar-refractivity contribution in [2.24, 2.45) is 0 Å². The van der Waals surface area contributed by atoms with Crippen LogP contribution in [0.5, 0.6) is 0 Å². The van der Waals surface area contributed by atoms with Crippen LogP contribution in [0.4, 0.5) is 0 Å². The zero-order valence-corrected chi connectivity index (χ0v) is 9.79. The van der Waals surface area contributed by atoms with Crippen molar-refractivity contribution in [1.82, 2.24) is 0 Å². The van der Waals surface area contributed by atoms with Crippen molar-refractivity contribution in [2.45, 2.75) is 52.4 Å². The van der Waals surface area contributed by atoms with Crippen molar-refractivity contribution < 1.29 is 0 Å². The van der Waals surface area contributed by atoms with Gasteiger partial charge in [-0.1, -0.05) is 33.6 Å². The van der Waals surface area contributed by atoms with Gasteiger partial charge in [0.2, 0.25) is 0 Å². The molecule has 1 aromatic rings. The van der Waals surface area contributed by atoms with Crippen LogP contribution < -0.4 is 0 Å². The maximum absolute atomic E-state index is 2.32. The van der Waals surface area contributed by atoms with Gasteiger partial charge >= 0.3 is 0 Å². The van der Waals surface area contributed by atoms with Crippen LogP contribution in [0.3, 0.4) is 0 Å². The summed E-state index contributed by atoms with van der Waals surface area (Å²) in [5.74, 6) is 0.697. The monoisotopic (exact) mass is 196 g/mol.